The predicted octanol–water partition coefficient (Wildman–Crippen LogP) is 7.05. The van der Waals surface area contributed by atoms with Gasteiger partial charge in [0.05, 0.1) is 17.7 Å². The van der Waals surface area contributed by atoms with Crippen molar-refractivity contribution >= 4 is 45.0 Å². The van der Waals surface area contributed by atoms with Gasteiger partial charge >= 0.3 is 0 Å². The van der Waals surface area contributed by atoms with Crippen molar-refractivity contribution in [2.45, 2.75) is 44.2 Å². The molecule has 3 aromatic carbocycles. The number of fused-ring (bicyclic) bond motifs is 1. The highest BCUT2D eigenvalue weighted by Gasteiger charge is 2.54. The van der Waals surface area contributed by atoms with Crippen LogP contribution in [0.25, 0.3) is 0 Å². The third-order valence-corrected chi connectivity index (χ3v) is 8.90. The van der Waals surface area contributed by atoms with Gasteiger partial charge in [0.1, 0.15) is 11.5 Å². The van der Waals surface area contributed by atoms with E-state index in [1.807, 2.05) is 11.0 Å². The topological polar surface area (TPSA) is 53.0 Å². The molecule has 1 N–H and O–H groups in total. The second kappa shape index (κ2) is 10.5. The van der Waals surface area contributed by atoms with Gasteiger partial charge in [-0.15, -0.1) is 0 Å². The van der Waals surface area contributed by atoms with Gasteiger partial charge < -0.3 is 9.84 Å². The Hall–Kier alpha value is -2.00. The molecule has 2 atom stereocenters. The third-order valence-electron chi connectivity index (χ3n) is 7.68. The number of rotatable bonds is 6. The van der Waals surface area contributed by atoms with E-state index < -0.39 is 23.2 Å². The largest absolute Gasteiger partial charge is 0.372 e. The maximum atomic E-state index is 16.3. The fourth-order valence-corrected chi connectivity index (χ4v) is 6.57. The average Bonchev–Trinajstić information content (AvgIpc) is 3.15. The van der Waals surface area contributed by atoms with Gasteiger partial charge in [-0.25, -0.2) is 4.39 Å². The minimum atomic E-state index is -1.56. The Bertz CT molecular complexity index is 1380. The van der Waals surface area contributed by atoms with Gasteiger partial charge in [0.2, 0.25) is 0 Å². The lowest BCUT2D eigenvalue weighted by Crippen LogP contribution is -2.47. The molecular formula is C29H28BrCl2FN2O3. The molecule has 5 nitrogen and oxygen atoms in total. The Labute approximate surface area is 240 Å². The van der Waals surface area contributed by atoms with Gasteiger partial charge in [0.15, 0.2) is 5.72 Å². The lowest BCUT2D eigenvalue weighted by atomic mass is 9.89. The summed E-state index contributed by atoms with van der Waals surface area (Å²) in [6.07, 6.45) is 3.00. The minimum absolute atomic E-state index is 0.107. The predicted molar refractivity (Wildman–Crippen MR) is 150 cm³/mol. The van der Waals surface area contributed by atoms with E-state index in [1.54, 1.807) is 49.4 Å². The first-order valence-electron chi connectivity index (χ1n) is 12.5. The van der Waals surface area contributed by atoms with E-state index in [1.165, 1.54) is 18.1 Å². The van der Waals surface area contributed by atoms with Crippen LogP contribution in [0.3, 0.4) is 0 Å². The summed E-state index contributed by atoms with van der Waals surface area (Å²) in [4.78, 5) is 17.6. The number of nitrogens with zero attached hydrogens (tertiary/aromatic N) is 2. The summed E-state index contributed by atoms with van der Waals surface area (Å²) < 4.78 is 23.1. The first kappa shape index (κ1) is 27.6. The lowest BCUT2D eigenvalue weighted by Gasteiger charge is -2.40. The third kappa shape index (κ3) is 4.57. The maximum absolute atomic E-state index is 16.3. The number of benzene rings is 3. The van der Waals surface area contributed by atoms with E-state index >= 15 is 4.39 Å². The number of likely N-dealkylation sites (tertiary alicyclic amines) is 1. The molecule has 0 saturated carbocycles. The lowest BCUT2D eigenvalue weighted by molar-refractivity contribution is -0.109. The number of ether oxygens (including phenoxy) is 1. The quantitative estimate of drug-likeness (QED) is 0.320. The second-order valence-electron chi connectivity index (χ2n) is 9.93. The zero-order valence-corrected chi connectivity index (χ0v) is 24.2. The second-order valence-corrected chi connectivity index (χ2v) is 11.7. The molecule has 2 unspecified atom stereocenters. The van der Waals surface area contributed by atoms with Crippen LogP contribution < -0.4 is 0 Å². The molecule has 1 saturated heterocycles. The Morgan fingerprint density at radius 1 is 1.05 bits per heavy atom. The molecule has 1 fully saturated rings. The molecule has 38 heavy (non-hydrogen) atoms. The van der Waals surface area contributed by atoms with E-state index in [4.69, 9.17) is 27.9 Å². The number of aliphatic hydroxyl groups is 1. The number of halogens is 4. The zero-order valence-electron chi connectivity index (χ0n) is 21.1. The molecule has 200 valence electrons. The highest BCUT2D eigenvalue weighted by molar-refractivity contribution is 9.10. The van der Waals surface area contributed by atoms with Crippen LogP contribution in [0.5, 0.6) is 0 Å². The van der Waals surface area contributed by atoms with E-state index in [2.05, 4.69) is 15.9 Å². The molecule has 0 radical (unpaired) electrons. The standard InChI is InChI=1S/C29H28BrCl2FN2O3/c1-28(37,34-12-4-3-5-13-34)20-14-23-26(25(33)15-20)29(38-2,19-7-10-21(31)11-8-19)35(27(23)36)17-18-6-9-22(32)16-24(18)30/h6-11,14-16,37H,3-5,12-13,17H2,1-2H3. The Balaban J connectivity index is 1.69. The van der Waals surface area contributed by atoms with Crippen LogP contribution in [0, 0.1) is 5.82 Å². The van der Waals surface area contributed by atoms with Gasteiger partial charge in [-0.3, -0.25) is 14.6 Å². The van der Waals surface area contributed by atoms with E-state index in [0.717, 1.165) is 24.8 Å². The summed E-state index contributed by atoms with van der Waals surface area (Å²) in [6, 6.07) is 15.1. The summed E-state index contributed by atoms with van der Waals surface area (Å²) in [6.45, 7) is 3.16. The highest BCUT2D eigenvalue weighted by atomic mass is 79.9. The van der Waals surface area contributed by atoms with Gasteiger partial charge in [-0.1, -0.05) is 63.8 Å². The van der Waals surface area contributed by atoms with Crippen LogP contribution in [-0.2, 0) is 22.7 Å². The van der Waals surface area contributed by atoms with Gasteiger partial charge in [-0.05, 0) is 61.7 Å². The van der Waals surface area contributed by atoms with E-state index in [0.29, 0.717) is 38.7 Å². The van der Waals surface area contributed by atoms with Crippen molar-refractivity contribution < 1.29 is 19.0 Å². The Morgan fingerprint density at radius 3 is 2.34 bits per heavy atom. The molecule has 0 bridgehead atoms. The number of carbonyl (C=O) groups is 1. The van der Waals surface area contributed by atoms with Crippen molar-refractivity contribution in [1.29, 1.82) is 0 Å². The van der Waals surface area contributed by atoms with E-state index in [9.17, 15) is 9.90 Å². The van der Waals surface area contributed by atoms with Gasteiger partial charge in [-0.2, -0.15) is 0 Å². The first-order valence-corrected chi connectivity index (χ1v) is 14.0. The molecule has 9 heteroatoms. The fourth-order valence-electron chi connectivity index (χ4n) is 5.64. The van der Waals surface area contributed by atoms with Crippen molar-refractivity contribution in [1.82, 2.24) is 9.80 Å². The fraction of sp³-hybridized carbons (Fsp3) is 0.345. The number of hydrogen-bond donors (Lipinski definition) is 1. The number of amides is 1. The van der Waals surface area contributed by atoms with Gasteiger partial charge in [0.25, 0.3) is 5.91 Å². The normalized spacial score (nSPS) is 21.4. The van der Waals surface area contributed by atoms with Crippen LogP contribution in [0.2, 0.25) is 10.0 Å². The van der Waals surface area contributed by atoms with Gasteiger partial charge in [0, 0.05) is 45.8 Å². The average molecular weight is 622 g/mol. The molecule has 1 amide bonds. The zero-order chi connectivity index (χ0) is 27.2. The molecule has 0 aliphatic carbocycles. The van der Waals surface area contributed by atoms with Crippen LogP contribution in [0.4, 0.5) is 4.39 Å². The molecule has 0 spiro atoms. The smallest absolute Gasteiger partial charge is 0.257 e. The van der Waals surface area contributed by atoms with E-state index in [-0.39, 0.29) is 17.7 Å². The van der Waals surface area contributed by atoms with Crippen LogP contribution in [0.15, 0.2) is 59.1 Å². The maximum Gasteiger partial charge on any atom is 0.257 e. The first-order chi connectivity index (χ1) is 18.1. The molecule has 2 aliphatic heterocycles. The van der Waals surface area contributed by atoms with Crippen LogP contribution >= 0.6 is 39.1 Å². The highest BCUT2D eigenvalue weighted by Crippen LogP contribution is 2.48. The molecule has 2 heterocycles. The van der Waals surface area contributed by atoms with Crippen molar-refractivity contribution in [3.05, 3.63) is 103 Å². The molecular weight excluding hydrogens is 594 g/mol. The molecule has 3 aromatic rings. The summed E-state index contributed by atoms with van der Waals surface area (Å²) in [5, 5.41) is 12.6. The Kier molecular flexibility index (Phi) is 7.63. The molecule has 5 rings (SSSR count). The molecule has 2 aliphatic rings. The van der Waals surface area contributed by atoms with Crippen molar-refractivity contribution in [3.8, 4) is 0 Å². The number of methoxy groups -OCH3 is 1. The SMILES string of the molecule is COC1(c2ccc(Cl)cc2)c2c(F)cc(C(C)(O)N3CCCCC3)cc2C(=O)N1Cc1ccc(Cl)cc1Br. The van der Waals surface area contributed by atoms with Crippen LogP contribution in [-0.4, -0.2) is 41.0 Å². The Morgan fingerprint density at radius 2 is 1.71 bits per heavy atom. The monoisotopic (exact) mass is 620 g/mol. The van der Waals surface area contributed by atoms with Crippen molar-refractivity contribution in [2.24, 2.45) is 0 Å². The number of hydrogen-bond acceptors (Lipinski definition) is 4. The molecule has 0 aromatic heterocycles. The summed E-state index contributed by atoms with van der Waals surface area (Å²) in [5.74, 6) is -1.04. The van der Waals surface area contributed by atoms with Crippen LogP contribution in [0.1, 0.15) is 58.8 Å². The summed E-state index contributed by atoms with van der Waals surface area (Å²) in [7, 11) is 1.46. The minimum Gasteiger partial charge on any atom is -0.372 e. The number of piperidine rings is 1. The van der Waals surface area contributed by atoms with Crippen molar-refractivity contribution in [3.63, 3.8) is 0 Å². The van der Waals surface area contributed by atoms with Crippen molar-refractivity contribution in [2.75, 3.05) is 20.2 Å². The number of carbonyl (C=O) groups excluding carboxylic acids is 1. The summed E-state index contributed by atoms with van der Waals surface area (Å²) in [5.41, 5.74) is -1.08. The summed E-state index contributed by atoms with van der Waals surface area (Å²) >= 11 is 15.9.